The number of benzene rings is 2. The molecule has 0 aliphatic carbocycles. The third kappa shape index (κ3) is 3.88. The molecule has 3 rings (SSSR count). The molecular formula is C20H21NO2. The van der Waals surface area contributed by atoms with E-state index >= 15 is 0 Å². The maximum atomic E-state index is 11.7. The summed E-state index contributed by atoms with van der Waals surface area (Å²) in [5.41, 5.74) is 3.24. The third-order valence-corrected chi connectivity index (χ3v) is 4.35. The van der Waals surface area contributed by atoms with Crippen molar-refractivity contribution >= 4 is 11.5 Å². The van der Waals surface area contributed by atoms with Crippen LogP contribution in [0.5, 0.6) is 0 Å². The Morgan fingerprint density at radius 1 is 1.04 bits per heavy atom. The van der Waals surface area contributed by atoms with Gasteiger partial charge in [-0.05, 0) is 23.1 Å². The second-order valence-corrected chi connectivity index (χ2v) is 5.91. The van der Waals surface area contributed by atoms with Crippen molar-refractivity contribution < 1.29 is 9.90 Å². The smallest absolute Gasteiger partial charge is 0.312 e. The van der Waals surface area contributed by atoms with Crippen LogP contribution in [0.2, 0.25) is 0 Å². The van der Waals surface area contributed by atoms with Crippen molar-refractivity contribution in [3.8, 4) is 0 Å². The van der Waals surface area contributed by atoms with E-state index in [0.29, 0.717) is 6.54 Å². The summed E-state index contributed by atoms with van der Waals surface area (Å²) in [6.45, 7) is 2.26. The van der Waals surface area contributed by atoms with Gasteiger partial charge in [0.2, 0.25) is 0 Å². The molecule has 0 fully saturated rings. The highest BCUT2D eigenvalue weighted by molar-refractivity contribution is 5.88. The van der Waals surface area contributed by atoms with Gasteiger partial charge in [-0.3, -0.25) is 9.69 Å². The molecule has 0 radical (unpaired) electrons. The minimum absolute atomic E-state index is 0.457. The molecule has 1 heterocycles. The first-order valence-electron chi connectivity index (χ1n) is 7.98. The standard InChI is InChI=1S/C20H21NO2/c22-20(23)19-15-21(13-11-16-7-3-1-4-8-16)14-12-18(19)17-9-5-2-6-10-17/h1-10,12,19H,11,13-15H2,(H,22,23). The molecule has 1 aliphatic rings. The van der Waals surface area contributed by atoms with Gasteiger partial charge >= 0.3 is 5.97 Å². The van der Waals surface area contributed by atoms with Gasteiger partial charge in [0.15, 0.2) is 0 Å². The molecule has 1 N–H and O–H groups in total. The fourth-order valence-corrected chi connectivity index (χ4v) is 3.08. The summed E-state index contributed by atoms with van der Waals surface area (Å²) in [5.74, 6) is -1.20. The van der Waals surface area contributed by atoms with E-state index in [1.165, 1.54) is 5.56 Å². The van der Waals surface area contributed by atoms with Crippen LogP contribution in [0.1, 0.15) is 11.1 Å². The van der Waals surface area contributed by atoms with Crippen LogP contribution in [0.15, 0.2) is 66.7 Å². The van der Waals surface area contributed by atoms with Crippen molar-refractivity contribution in [2.45, 2.75) is 6.42 Å². The molecule has 1 unspecified atom stereocenters. The maximum absolute atomic E-state index is 11.7. The first-order chi connectivity index (χ1) is 11.2. The Balaban J connectivity index is 1.70. The maximum Gasteiger partial charge on any atom is 0.312 e. The molecule has 1 atom stereocenters. The molecule has 0 amide bonds. The zero-order valence-corrected chi connectivity index (χ0v) is 13.1. The van der Waals surface area contributed by atoms with Crippen molar-refractivity contribution in [1.29, 1.82) is 0 Å². The minimum Gasteiger partial charge on any atom is -0.481 e. The first-order valence-corrected chi connectivity index (χ1v) is 7.98. The Kier molecular flexibility index (Phi) is 4.89. The van der Waals surface area contributed by atoms with Gasteiger partial charge in [-0.15, -0.1) is 0 Å². The van der Waals surface area contributed by atoms with Crippen LogP contribution in [-0.2, 0) is 11.2 Å². The van der Waals surface area contributed by atoms with Crippen molar-refractivity contribution in [3.63, 3.8) is 0 Å². The van der Waals surface area contributed by atoms with Gasteiger partial charge in [0.1, 0.15) is 0 Å². The summed E-state index contributed by atoms with van der Waals surface area (Å²) in [4.78, 5) is 13.9. The normalized spacial score (nSPS) is 18.4. The zero-order valence-electron chi connectivity index (χ0n) is 13.1. The number of carboxylic acid groups (broad SMARTS) is 1. The molecule has 118 valence electrons. The van der Waals surface area contributed by atoms with Crippen molar-refractivity contribution in [3.05, 3.63) is 77.9 Å². The SMILES string of the molecule is O=C(O)C1CN(CCc2ccccc2)CC=C1c1ccccc1. The van der Waals surface area contributed by atoms with Crippen molar-refractivity contribution in [1.82, 2.24) is 4.90 Å². The van der Waals surface area contributed by atoms with E-state index in [2.05, 4.69) is 23.1 Å². The number of rotatable bonds is 5. The van der Waals surface area contributed by atoms with Crippen LogP contribution < -0.4 is 0 Å². The Labute approximate surface area is 136 Å². The molecular weight excluding hydrogens is 286 g/mol. The van der Waals surface area contributed by atoms with E-state index < -0.39 is 11.9 Å². The van der Waals surface area contributed by atoms with Gasteiger partial charge in [-0.2, -0.15) is 0 Å². The number of nitrogens with zero attached hydrogens (tertiary/aromatic N) is 1. The zero-order chi connectivity index (χ0) is 16.1. The number of aliphatic carboxylic acids is 1. The van der Waals surface area contributed by atoms with Crippen LogP contribution in [0, 0.1) is 5.92 Å². The lowest BCUT2D eigenvalue weighted by atomic mass is 9.89. The molecule has 0 spiro atoms. The Morgan fingerprint density at radius 2 is 1.70 bits per heavy atom. The molecule has 0 saturated carbocycles. The van der Waals surface area contributed by atoms with Crippen LogP contribution in [0.3, 0.4) is 0 Å². The lowest BCUT2D eigenvalue weighted by molar-refractivity contribution is -0.140. The molecule has 23 heavy (non-hydrogen) atoms. The van der Waals surface area contributed by atoms with Gasteiger partial charge in [0.25, 0.3) is 0 Å². The van der Waals surface area contributed by atoms with E-state index in [-0.39, 0.29) is 0 Å². The first kappa shape index (κ1) is 15.5. The second kappa shape index (κ2) is 7.25. The highest BCUT2D eigenvalue weighted by Crippen LogP contribution is 2.28. The van der Waals surface area contributed by atoms with Gasteiger partial charge < -0.3 is 5.11 Å². The molecule has 3 nitrogen and oxygen atoms in total. The molecule has 3 heteroatoms. The predicted octanol–water partition coefficient (Wildman–Crippen LogP) is 3.33. The van der Waals surface area contributed by atoms with Crippen LogP contribution in [0.25, 0.3) is 5.57 Å². The number of hydrogen-bond donors (Lipinski definition) is 1. The molecule has 1 aliphatic heterocycles. The van der Waals surface area contributed by atoms with Crippen LogP contribution >= 0.6 is 0 Å². The summed E-state index contributed by atoms with van der Waals surface area (Å²) < 4.78 is 0. The quantitative estimate of drug-likeness (QED) is 0.921. The van der Waals surface area contributed by atoms with Gasteiger partial charge in [0.05, 0.1) is 5.92 Å². The summed E-state index contributed by atoms with van der Waals surface area (Å²) in [6.07, 6.45) is 3.02. The molecule has 2 aromatic rings. The summed E-state index contributed by atoms with van der Waals surface area (Å²) in [7, 11) is 0. The minimum atomic E-state index is -0.746. The largest absolute Gasteiger partial charge is 0.481 e. The van der Waals surface area contributed by atoms with E-state index in [0.717, 1.165) is 30.6 Å². The second-order valence-electron chi connectivity index (χ2n) is 5.91. The summed E-state index contributed by atoms with van der Waals surface area (Å²) in [6, 6.07) is 20.2. The number of hydrogen-bond acceptors (Lipinski definition) is 2. The van der Waals surface area contributed by atoms with Gasteiger partial charge in [-0.1, -0.05) is 66.7 Å². The number of carbonyl (C=O) groups is 1. The monoisotopic (exact) mass is 307 g/mol. The van der Waals surface area contributed by atoms with Crippen molar-refractivity contribution in [2.24, 2.45) is 5.92 Å². The van der Waals surface area contributed by atoms with Gasteiger partial charge in [0, 0.05) is 19.6 Å². The van der Waals surface area contributed by atoms with E-state index in [9.17, 15) is 9.90 Å². The van der Waals surface area contributed by atoms with Gasteiger partial charge in [-0.25, -0.2) is 0 Å². The third-order valence-electron chi connectivity index (χ3n) is 4.35. The average molecular weight is 307 g/mol. The van der Waals surface area contributed by atoms with Crippen molar-refractivity contribution in [2.75, 3.05) is 19.6 Å². The van der Waals surface area contributed by atoms with E-state index in [4.69, 9.17) is 0 Å². The van der Waals surface area contributed by atoms with E-state index in [1.54, 1.807) is 0 Å². The molecule has 2 aromatic carbocycles. The lowest BCUT2D eigenvalue weighted by Gasteiger charge is -2.31. The topological polar surface area (TPSA) is 40.5 Å². The summed E-state index contributed by atoms with van der Waals surface area (Å²) >= 11 is 0. The predicted molar refractivity (Wildman–Crippen MR) is 92.1 cm³/mol. The molecule has 0 bridgehead atoms. The van der Waals surface area contributed by atoms with Crippen LogP contribution in [-0.4, -0.2) is 35.6 Å². The highest BCUT2D eigenvalue weighted by Gasteiger charge is 2.29. The summed E-state index contributed by atoms with van der Waals surface area (Å²) in [5, 5.41) is 9.61. The Morgan fingerprint density at radius 3 is 2.35 bits per heavy atom. The molecule has 0 saturated heterocycles. The fraction of sp³-hybridized carbons (Fsp3) is 0.250. The van der Waals surface area contributed by atoms with E-state index in [1.807, 2.05) is 48.5 Å². The Bertz CT molecular complexity index is 679. The Hall–Kier alpha value is -2.39. The lowest BCUT2D eigenvalue weighted by Crippen LogP contribution is -2.38. The fourth-order valence-electron chi connectivity index (χ4n) is 3.08. The average Bonchev–Trinajstić information content (AvgIpc) is 2.61. The number of carboxylic acids is 1. The highest BCUT2D eigenvalue weighted by atomic mass is 16.4. The molecule has 0 aromatic heterocycles. The van der Waals surface area contributed by atoms with Crippen LogP contribution in [0.4, 0.5) is 0 Å².